The average Bonchev–Trinajstić information content (AvgIpc) is 2.65. The van der Waals surface area contributed by atoms with E-state index in [4.69, 9.17) is 9.15 Å². The molecule has 1 aromatic heterocycles. The zero-order chi connectivity index (χ0) is 10.8. The Kier molecular flexibility index (Phi) is 3.06. The first-order valence-corrected chi connectivity index (χ1v) is 5.62. The molecule has 0 aliphatic rings. The van der Waals surface area contributed by atoms with Crippen molar-refractivity contribution in [3.63, 3.8) is 0 Å². The van der Waals surface area contributed by atoms with Gasteiger partial charge in [0.1, 0.15) is 5.75 Å². The van der Waals surface area contributed by atoms with Crippen molar-refractivity contribution in [2.45, 2.75) is 0 Å². The van der Waals surface area contributed by atoms with Crippen LogP contribution < -0.4 is 4.74 Å². The van der Waals surface area contributed by atoms with Crippen LogP contribution in [-0.2, 0) is 0 Å². The van der Waals surface area contributed by atoms with Gasteiger partial charge >= 0.3 is 0 Å². The molecule has 4 nitrogen and oxygen atoms in total. The van der Waals surface area contributed by atoms with Gasteiger partial charge in [0, 0.05) is 20.4 Å². The Morgan fingerprint density at radius 3 is 2.67 bits per heavy atom. The minimum absolute atomic E-state index is 0.354. The van der Waals surface area contributed by atoms with Crippen molar-refractivity contribution in [1.82, 2.24) is 10.2 Å². The Balaban J connectivity index is 2.51. The second kappa shape index (κ2) is 4.32. The molecule has 1 heterocycles. The van der Waals surface area contributed by atoms with Crippen LogP contribution in [0, 0.1) is 0 Å². The number of hydrogen-bond acceptors (Lipinski definition) is 4. The molecule has 2 aromatic rings. The van der Waals surface area contributed by atoms with Gasteiger partial charge in [-0.1, -0.05) is 0 Å². The van der Waals surface area contributed by atoms with Gasteiger partial charge in [-0.3, -0.25) is 0 Å². The molecule has 0 radical (unpaired) electrons. The zero-order valence-corrected chi connectivity index (χ0v) is 10.9. The molecule has 78 valence electrons. The molecule has 0 saturated heterocycles. The molecule has 0 aliphatic heterocycles. The second-order valence-electron chi connectivity index (χ2n) is 2.71. The number of hydrogen-bond donors (Lipinski definition) is 0. The molecular weight excluding hydrogens is 328 g/mol. The van der Waals surface area contributed by atoms with Crippen LogP contribution in [0.4, 0.5) is 0 Å². The summed E-state index contributed by atoms with van der Waals surface area (Å²) < 4.78 is 11.2. The topological polar surface area (TPSA) is 48.2 Å². The van der Waals surface area contributed by atoms with E-state index in [2.05, 4.69) is 42.1 Å². The van der Waals surface area contributed by atoms with Crippen molar-refractivity contribution in [2.24, 2.45) is 0 Å². The number of benzene rings is 1. The summed E-state index contributed by atoms with van der Waals surface area (Å²) in [7, 11) is 1.61. The molecule has 2 rings (SSSR count). The van der Waals surface area contributed by atoms with Crippen molar-refractivity contribution in [1.29, 1.82) is 0 Å². The number of nitrogens with zero attached hydrogens (tertiary/aromatic N) is 2. The van der Waals surface area contributed by atoms with Crippen LogP contribution in [0.3, 0.4) is 0 Å². The van der Waals surface area contributed by atoms with Crippen molar-refractivity contribution in [2.75, 3.05) is 7.11 Å². The fraction of sp³-hybridized carbons (Fsp3) is 0.111. The maximum absolute atomic E-state index is 5.26. The molecule has 0 spiro atoms. The predicted molar refractivity (Wildman–Crippen MR) is 61.7 cm³/mol. The minimum atomic E-state index is 0.354. The van der Waals surface area contributed by atoms with Gasteiger partial charge in [-0.05, 0) is 34.1 Å². The summed E-state index contributed by atoms with van der Waals surface area (Å²) in [6.45, 7) is 0. The lowest BCUT2D eigenvalue weighted by Gasteiger charge is -2.03. The van der Waals surface area contributed by atoms with Crippen molar-refractivity contribution in [3.8, 4) is 17.2 Å². The Morgan fingerprint density at radius 1 is 1.27 bits per heavy atom. The van der Waals surface area contributed by atoms with E-state index in [0.717, 1.165) is 15.8 Å². The first kappa shape index (κ1) is 10.6. The number of methoxy groups -OCH3 is 1. The van der Waals surface area contributed by atoms with Crippen molar-refractivity contribution < 1.29 is 9.15 Å². The van der Waals surface area contributed by atoms with E-state index in [1.54, 1.807) is 7.11 Å². The van der Waals surface area contributed by atoms with Gasteiger partial charge in [-0.15, -0.1) is 10.2 Å². The van der Waals surface area contributed by atoms with Crippen LogP contribution in [-0.4, -0.2) is 17.3 Å². The molecule has 15 heavy (non-hydrogen) atoms. The molecular formula is C9H6Br2N2O2. The number of ether oxygens (including phenoxy) is 1. The summed E-state index contributed by atoms with van der Waals surface area (Å²) in [5, 5.41) is 7.60. The van der Waals surface area contributed by atoms with E-state index >= 15 is 0 Å². The quantitative estimate of drug-likeness (QED) is 0.846. The van der Waals surface area contributed by atoms with E-state index in [-0.39, 0.29) is 0 Å². The normalized spacial score (nSPS) is 10.3. The van der Waals surface area contributed by atoms with Crippen molar-refractivity contribution in [3.05, 3.63) is 27.5 Å². The average molecular weight is 334 g/mol. The summed E-state index contributed by atoms with van der Waals surface area (Å²) in [6.07, 6.45) is 0. The first-order chi connectivity index (χ1) is 7.20. The van der Waals surface area contributed by atoms with E-state index in [0.29, 0.717) is 10.7 Å². The highest BCUT2D eigenvalue weighted by Gasteiger charge is 2.11. The van der Waals surface area contributed by atoms with E-state index < -0.39 is 0 Å². The van der Waals surface area contributed by atoms with Crippen LogP contribution in [0.2, 0.25) is 0 Å². The Hall–Kier alpha value is -0.880. The van der Waals surface area contributed by atoms with E-state index in [9.17, 15) is 0 Å². The lowest BCUT2D eigenvalue weighted by atomic mass is 10.2. The molecule has 0 unspecified atom stereocenters. The Morgan fingerprint density at radius 2 is 2.07 bits per heavy atom. The van der Waals surface area contributed by atoms with Gasteiger partial charge in [0.2, 0.25) is 5.89 Å². The fourth-order valence-corrected chi connectivity index (χ4v) is 1.76. The fourth-order valence-electron chi connectivity index (χ4n) is 1.11. The van der Waals surface area contributed by atoms with Crippen LogP contribution in [0.25, 0.3) is 11.5 Å². The highest BCUT2D eigenvalue weighted by Crippen LogP contribution is 2.31. The molecule has 0 amide bonds. The van der Waals surface area contributed by atoms with E-state index in [1.165, 1.54) is 0 Å². The summed E-state index contributed by atoms with van der Waals surface area (Å²) in [5.41, 5.74) is 0.799. The van der Waals surface area contributed by atoms with Gasteiger partial charge in [-0.25, -0.2) is 0 Å². The third-order valence-electron chi connectivity index (χ3n) is 1.80. The number of rotatable bonds is 2. The maximum atomic E-state index is 5.26. The largest absolute Gasteiger partial charge is 0.497 e. The molecule has 0 atom stereocenters. The number of aromatic nitrogens is 2. The zero-order valence-electron chi connectivity index (χ0n) is 7.70. The van der Waals surface area contributed by atoms with Gasteiger partial charge < -0.3 is 9.15 Å². The van der Waals surface area contributed by atoms with E-state index in [1.807, 2.05) is 18.2 Å². The van der Waals surface area contributed by atoms with Gasteiger partial charge in [0.15, 0.2) is 0 Å². The second-order valence-corrected chi connectivity index (χ2v) is 4.24. The first-order valence-electron chi connectivity index (χ1n) is 4.03. The molecule has 0 bridgehead atoms. The Labute approximate surface area is 103 Å². The summed E-state index contributed by atoms with van der Waals surface area (Å²) in [4.78, 5) is 0.354. The summed E-state index contributed by atoms with van der Waals surface area (Å²) in [6, 6.07) is 5.54. The smallest absolute Gasteiger partial charge is 0.285 e. The SMILES string of the molecule is COc1ccc(Br)c(-c2nnc(Br)o2)c1. The summed E-state index contributed by atoms with van der Waals surface area (Å²) in [5.74, 6) is 1.18. The van der Waals surface area contributed by atoms with Crippen LogP contribution in [0.5, 0.6) is 5.75 Å². The predicted octanol–water partition coefficient (Wildman–Crippen LogP) is 3.27. The maximum Gasteiger partial charge on any atom is 0.285 e. The third kappa shape index (κ3) is 2.21. The molecule has 6 heteroatoms. The highest BCUT2D eigenvalue weighted by molar-refractivity contribution is 9.10. The molecule has 0 N–H and O–H groups in total. The van der Waals surface area contributed by atoms with Crippen LogP contribution in [0.1, 0.15) is 0 Å². The van der Waals surface area contributed by atoms with Crippen LogP contribution in [0.15, 0.2) is 31.9 Å². The number of halogens is 2. The molecule has 0 aliphatic carbocycles. The van der Waals surface area contributed by atoms with Crippen LogP contribution >= 0.6 is 31.9 Å². The van der Waals surface area contributed by atoms with Gasteiger partial charge in [-0.2, -0.15) is 0 Å². The molecule has 0 saturated carbocycles. The standard InChI is InChI=1S/C9H6Br2N2O2/c1-14-5-2-3-7(10)6(4-5)8-12-13-9(11)15-8/h2-4H,1H3. The highest BCUT2D eigenvalue weighted by atomic mass is 79.9. The minimum Gasteiger partial charge on any atom is -0.497 e. The monoisotopic (exact) mass is 332 g/mol. The summed E-state index contributed by atoms with van der Waals surface area (Å²) >= 11 is 6.51. The Bertz CT molecular complexity index is 485. The third-order valence-corrected chi connectivity index (χ3v) is 2.82. The lowest BCUT2D eigenvalue weighted by Crippen LogP contribution is -1.85. The van der Waals surface area contributed by atoms with Gasteiger partial charge in [0.05, 0.1) is 12.7 Å². The lowest BCUT2D eigenvalue weighted by molar-refractivity contribution is 0.414. The molecule has 1 aromatic carbocycles. The van der Waals surface area contributed by atoms with Gasteiger partial charge in [0.25, 0.3) is 4.80 Å². The molecule has 0 fully saturated rings. The van der Waals surface area contributed by atoms with Crippen molar-refractivity contribution >= 4 is 31.9 Å².